The molecule has 0 aromatic heterocycles. The van der Waals surface area contributed by atoms with Crippen molar-refractivity contribution in [3.05, 3.63) is 48.0 Å². The third-order valence-corrected chi connectivity index (χ3v) is 4.16. The maximum atomic E-state index is 12.7. The second-order valence-electron chi connectivity index (χ2n) is 6.48. The lowest BCUT2D eigenvalue weighted by Gasteiger charge is -2.14. The quantitative estimate of drug-likeness (QED) is 0.649. The number of amides is 1. The van der Waals surface area contributed by atoms with Crippen LogP contribution in [0.3, 0.4) is 0 Å². The fraction of sp³-hybridized carbons (Fsp3) is 0.333. The highest BCUT2D eigenvalue weighted by atomic mass is 16.5. The molecule has 0 atom stereocenters. The first kappa shape index (κ1) is 19.5. The molecule has 2 N–H and O–H groups in total. The normalized spacial score (nSPS) is 12.9. The van der Waals surface area contributed by atoms with Crippen molar-refractivity contribution >= 4 is 17.6 Å². The second-order valence-corrected chi connectivity index (χ2v) is 6.48. The van der Waals surface area contributed by atoms with Crippen LogP contribution >= 0.6 is 0 Å². The summed E-state index contributed by atoms with van der Waals surface area (Å²) in [6.07, 6.45) is 2.37. The van der Waals surface area contributed by atoms with Gasteiger partial charge < -0.3 is 24.6 Å². The van der Waals surface area contributed by atoms with Gasteiger partial charge in [0.2, 0.25) is 0 Å². The van der Waals surface area contributed by atoms with E-state index < -0.39 is 12.6 Å². The van der Waals surface area contributed by atoms with Crippen LogP contribution in [-0.2, 0) is 4.79 Å². The Morgan fingerprint density at radius 1 is 1.04 bits per heavy atom. The molecule has 0 bridgehead atoms. The van der Waals surface area contributed by atoms with Crippen molar-refractivity contribution in [2.24, 2.45) is 5.92 Å². The van der Waals surface area contributed by atoms with Crippen LogP contribution in [0.1, 0.15) is 30.1 Å². The van der Waals surface area contributed by atoms with Crippen LogP contribution in [0.5, 0.6) is 17.2 Å². The van der Waals surface area contributed by atoms with Gasteiger partial charge in [-0.05, 0) is 56.0 Å². The first-order valence-corrected chi connectivity index (χ1v) is 9.21. The number of anilines is 1. The summed E-state index contributed by atoms with van der Waals surface area (Å²) in [7, 11) is 0. The molecular weight excluding hydrogens is 362 g/mol. The van der Waals surface area contributed by atoms with Crippen LogP contribution in [0.25, 0.3) is 0 Å². The number of carbonyl (C=O) groups is 2. The van der Waals surface area contributed by atoms with E-state index in [-0.39, 0.29) is 11.7 Å². The molecule has 0 saturated heterocycles. The number of para-hydroxylation sites is 2. The van der Waals surface area contributed by atoms with E-state index in [4.69, 9.17) is 19.3 Å². The van der Waals surface area contributed by atoms with Crippen LogP contribution in [0.2, 0.25) is 0 Å². The molecule has 1 saturated carbocycles. The monoisotopic (exact) mass is 385 g/mol. The average molecular weight is 385 g/mol. The number of ether oxygens (including phenoxy) is 3. The largest absolute Gasteiger partial charge is 0.491 e. The molecule has 1 fully saturated rings. The first-order valence-electron chi connectivity index (χ1n) is 9.21. The van der Waals surface area contributed by atoms with Gasteiger partial charge in [0.25, 0.3) is 5.91 Å². The number of nitrogens with one attached hydrogen (secondary N) is 1. The molecule has 7 nitrogen and oxygen atoms in total. The molecular formula is C21H23NO6. The Labute approximate surface area is 163 Å². The van der Waals surface area contributed by atoms with Crippen molar-refractivity contribution in [3.63, 3.8) is 0 Å². The topological polar surface area (TPSA) is 94.1 Å². The van der Waals surface area contributed by atoms with Gasteiger partial charge in [0.05, 0.1) is 18.9 Å². The summed E-state index contributed by atoms with van der Waals surface area (Å²) in [6, 6.07) is 11.9. The predicted molar refractivity (Wildman–Crippen MR) is 103 cm³/mol. The van der Waals surface area contributed by atoms with E-state index in [1.165, 1.54) is 25.0 Å². The summed E-state index contributed by atoms with van der Waals surface area (Å²) in [5.41, 5.74) is 0.959. The molecule has 0 radical (unpaired) electrons. The zero-order valence-corrected chi connectivity index (χ0v) is 15.6. The fourth-order valence-corrected chi connectivity index (χ4v) is 2.56. The Hall–Kier alpha value is -3.22. The Kier molecular flexibility index (Phi) is 6.37. The average Bonchev–Trinajstić information content (AvgIpc) is 3.51. The number of hydrogen-bond donors (Lipinski definition) is 2. The Morgan fingerprint density at radius 2 is 1.82 bits per heavy atom. The summed E-state index contributed by atoms with van der Waals surface area (Å²) in [4.78, 5) is 23.4. The molecule has 0 aliphatic heterocycles. The zero-order valence-electron chi connectivity index (χ0n) is 15.6. The van der Waals surface area contributed by atoms with Gasteiger partial charge in [0, 0.05) is 5.56 Å². The molecule has 2 aromatic carbocycles. The van der Waals surface area contributed by atoms with Crippen LogP contribution in [0, 0.1) is 5.92 Å². The molecule has 148 valence electrons. The van der Waals surface area contributed by atoms with Crippen LogP contribution in [0.15, 0.2) is 42.5 Å². The van der Waals surface area contributed by atoms with E-state index in [2.05, 4.69) is 5.32 Å². The van der Waals surface area contributed by atoms with E-state index in [0.29, 0.717) is 41.9 Å². The van der Waals surface area contributed by atoms with Gasteiger partial charge in [-0.2, -0.15) is 0 Å². The molecule has 28 heavy (non-hydrogen) atoms. The molecule has 0 unspecified atom stereocenters. The van der Waals surface area contributed by atoms with Crippen molar-refractivity contribution < 1.29 is 28.9 Å². The first-order chi connectivity index (χ1) is 13.6. The van der Waals surface area contributed by atoms with E-state index in [9.17, 15) is 9.59 Å². The number of benzene rings is 2. The Balaban J connectivity index is 1.73. The lowest BCUT2D eigenvalue weighted by atomic mass is 10.1. The van der Waals surface area contributed by atoms with Gasteiger partial charge in [0.1, 0.15) is 5.75 Å². The maximum absolute atomic E-state index is 12.7. The Bertz CT molecular complexity index is 847. The molecule has 1 aliphatic rings. The van der Waals surface area contributed by atoms with E-state index in [1.807, 2.05) is 18.2 Å². The number of carbonyl (C=O) groups excluding carboxylic acids is 1. The number of carboxylic acid groups (broad SMARTS) is 1. The minimum Gasteiger partial charge on any atom is -0.491 e. The second kappa shape index (κ2) is 9.12. The third-order valence-electron chi connectivity index (χ3n) is 4.16. The van der Waals surface area contributed by atoms with Gasteiger partial charge in [-0.15, -0.1) is 0 Å². The number of aliphatic carboxylic acids is 1. The molecule has 1 aliphatic carbocycles. The van der Waals surface area contributed by atoms with Crippen LogP contribution < -0.4 is 19.5 Å². The van der Waals surface area contributed by atoms with Crippen LogP contribution in [0.4, 0.5) is 5.69 Å². The van der Waals surface area contributed by atoms with Gasteiger partial charge >= 0.3 is 5.97 Å². The maximum Gasteiger partial charge on any atom is 0.341 e. The lowest BCUT2D eigenvalue weighted by molar-refractivity contribution is -0.139. The summed E-state index contributed by atoms with van der Waals surface area (Å²) in [5, 5.41) is 11.6. The van der Waals surface area contributed by atoms with Gasteiger partial charge in [-0.25, -0.2) is 4.79 Å². The van der Waals surface area contributed by atoms with Gasteiger partial charge in [0.15, 0.2) is 18.1 Å². The molecule has 2 aromatic rings. The summed E-state index contributed by atoms with van der Waals surface area (Å²) in [6.45, 7) is 2.31. The van der Waals surface area contributed by atoms with Crippen molar-refractivity contribution in [1.29, 1.82) is 0 Å². The number of hydrogen-bond acceptors (Lipinski definition) is 5. The highest BCUT2D eigenvalue weighted by molar-refractivity contribution is 6.05. The summed E-state index contributed by atoms with van der Waals surface area (Å²) < 4.78 is 16.5. The van der Waals surface area contributed by atoms with Gasteiger partial charge in [-0.1, -0.05) is 12.1 Å². The molecule has 7 heteroatoms. The minimum atomic E-state index is -1.09. The predicted octanol–water partition coefficient (Wildman–Crippen LogP) is 3.59. The molecule has 0 heterocycles. The van der Waals surface area contributed by atoms with E-state index in [1.54, 1.807) is 19.1 Å². The highest BCUT2D eigenvalue weighted by Crippen LogP contribution is 2.32. The van der Waals surface area contributed by atoms with Crippen molar-refractivity contribution in [2.75, 3.05) is 25.1 Å². The number of rotatable bonds is 10. The van der Waals surface area contributed by atoms with Crippen molar-refractivity contribution in [3.8, 4) is 17.2 Å². The van der Waals surface area contributed by atoms with E-state index in [0.717, 1.165) is 0 Å². The highest BCUT2D eigenvalue weighted by Gasteiger charge is 2.22. The smallest absolute Gasteiger partial charge is 0.341 e. The van der Waals surface area contributed by atoms with Crippen molar-refractivity contribution in [1.82, 2.24) is 0 Å². The van der Waals surface area contributed by atoms with E-state index >= 15 is 0 Å². The van der Waals surface area contributed by atoms with Crippen LogP contribution in [-0.4, -0.2) is 36.8 Å². The number of carboxylic acids is 1. The Morgan fingerprint density at radius 3 is 2.54 bits per heavy atom. The molecule has 3 rings (SSSR count). The standard InChI is InChI=1S/C21H23NO6/c1-2-26-19-11-15(9-10-18(19)28-13-20(23)24)21(25)22-16-5-3-4-6-17(16)27-12-14-7-8-14/h3-6,9-11,14H,2,7-8,12-13H2,1H3,(H,22,25)(H,23,24). The lowest BCUT2D eigenvalue weighted by Crippen LogP contribution is -2.14. The third kappa shape index (κ3) is 5.39. The van der Waals surface area contributed by atoms with Crippen molar-refractivity contribution in [2.45, 2.75) is 19.8 Å². The summed E-state index contributed by atoms with van der Waals surface area (Å²) in [5.74, 6) is 0.411. The zero-order chi connectivity index (χ0) is 19.9. The SMILES string of the molecule is CCOc1cc(C(=O)Nc2ccccc2OCC2CC2)ccc1OCC(=O)O. The summed E-state index contributed by atoms with van der Waals surface area (Å²) >= 11 is 0. The fourth-order valence-electron chi connectivity index (χ4n) is 2.56. The molecule has 1 amide bonds. The van der Waals surface area contributed by atoms with Gasteiger partial charge in [-0.3, -0.25) is 4.79 Å². The molecule has 0 spiro atoms. The minimum absolute atomic E-state index is 0.272.